The quantitative estimate of drug-likeness (QED) is 0.628. The third-order valence-electron chi connectivity index (χ3n) is 3.12. The van der Waals surface area contributed by atoms with E-state index in [-0.39, 0.29) is 6.61 Å². The van der Waals surface area contributed by atoms with Crippen LogP contribution in [0.5, 0.6) is 0 Å². The van der Waals surface area contributed by atoms with Crippen LogP contribution in [0.3, 0.4) is 0 Å². The lowest BCUT2D eigenvalue weighted by Crippen LogP contribution is -2.61. The number of hydrogen-bond donors (Lipinski definition) is 0. The minimum absolute atomic E-state index is 0.0398. The van der Waals surface area contributed by atoms with Crippen LogP contribution in [-0.4, -0.2) is 70.6 Å². The number of carbonyl (C=O) groups excluding carboxylic acids is 2. The van der Waals surface area contributed by atoms with Crippen LogP contribution >= 0.6 is 0 Å². The van der Waals surface area contributed by atoms with Crippen LogP contribution in [0.1, 0.15) is 13.8 Å². The lowest BCUT2D eigenvalue weighted by Gasteiger charge is -2.43. The molecule has 1 rings (SSSR count). The fourth-order valence-electron chi connectivity index (χ4n) is 2.26. The summed E-state index contributed by atoms with van der Waals surface area (Å²) in [5, 5.41) is 0. The molecule has 5 unspecified atom stereocenters. The fourth-order valence-corrected chi connectivity index (χ4v) is 2.26. The topological polar surface area (TPSA) is 89.5 Å². The molecule has 1 aliphatic heterocycles. The molecule has 1 fully saturated rings. The molecule has 8 nitrogen and oxygen atoms in total. The molecule has 1 aliphatic rings. The van der Waals surface area contributed by atoms with E-state index in [2.05, 4.69) is 0 Å². The molecule has 0 aromatic heterocycles. The van der Waals surface area contributed by atoms with E-state index >= 15 is 0 Å². The summed E-state index contributed by atoms with van der Waals surface area (Å²) in [7, 11) is 4.35. The van der Waals surface area contributed by atoms with Crippen molar-refractivity contribution in [2.75, 3.05) is 27.9 Å². The van der Waals surface area contributed by atoms with Crippen molar-refractivity contribution in [3.05, 3.63) is 0 Å². The second kappa shape index (κ2) is 8.28. The van der Waals surface area contributed by atoms with E-state index in [4.69, 9.17) is 28.4 Å². The van der Waals surface area contributed by atoms with Gasteiger partial charge in [-0.1, -0.05) is 0 Å². The molecule has 0 bridgehead atoms. The molecule has 1 heterocycles. The molecule has 0 amide bonds. The van der Waals surface area contributed by atoms with Crippen molar-refractivity contribution in [3.8, 4) is 0 Å². The molecule has 8 heteroatoms. The average molecular weight is 306 g/mol. The first kappa shape index (κ1) is 17.8. The standard InChI is InChI=1S/C13H22O8/c1-7(14)19-6-9-10(16-3)11(20-8(2)15)12(17-4)13(18-5)21-9/h9-13H,6H2,1-5H3. The third kappa shape index (κ3) is 4.63. The predicted octanol–water partition coefficient (Wildman–Crippen LogP) is -0.117. The highest BCUT2D eigenvalue weighted by Crippen LogP contribution is 2.28. The van der Waals surface area contributed by atoms with Gasteiger partial charge in [0.15, 0.2) is 12.4 Å². The monoisotopic (exact) mass is 306 g/mol. The Kier molecular flexibility index (Phi) is 7.03. The maximum Gasteiger partial charge on any atom is 0.303 e. The molecule has 0 spiro atoms. The van der Waals surface area contributed by atoms with Crippen LogP contribution in [0.15, 0.2) is 0 Å². The minimum atomic E-state index is -0.772. The van der Waals surface area contributed by atoms with Crippen LogP contribution < -0.4 is 0 Å². The van der Waals surface area contributed by atoms with Gasteiger partial charge in [-0.15, -0.1) is 0 Å². The van der Waals surface area contributed by atoms with Gasteiger partial charge in [-0.2, -0.15) is 0 Å². The highest BCUT2D eigenvalue weighted by Gasteiger charge is 2.49. The fraction of sp³-hybridized carbons (Fsp3) is 0.846. The largest absolute Gasteiger partial charge is 0.463 e. The van der Waals surface area contributed by atoms with E-state index in [9.17, 15) is 9.59 Å². The second-order valence-corrected chi connectivity index (χ2v) is 4.56. The third-order valence-corrected chi connectivity index (χ3v) is 3.12. The van der Waals surface area contributed by atoms with E-state index in [1.54, 1.807) is 0 Å². The van der Waals surface area contributed by atoms with Crippen LogP contribution in [0, 0.1) is 0 Å². The average Bonchev–Trinajstić information content (AvgIpc) is 2.43. The molecule has 5 atom stereocenters. The van der Waals surface area contributed by atoms with Gasteiger partial charge in [-0.3, -0.25) is 9.59 Å². The zero-order chi connectivity index (χ0) is 16.0. The Balaban J connectivity index is 2.94. The smallest absolute Gasteiger partial charge is 0.303 e. The first-order chi connectivity index (χ1) is 9.94. The van der Waals surface area contributed by atoms with Crippen molar-refractivity contribution >= 4 is 11.9 Å². The molecule has 0 N–H and O–H groups in total. The Morgan fingerprint density at radius 2 is 1.52 bits per heavy atom. The number of esters is 2. The number of ether oxygens (including phenoxy) is 6. The van der Waals surface area contributed by atoms with Crippen molar-refractivity contribution in [2.24, 2.45) is 0 Å². The van der Waals surface area contributed by atoms with E-state index in [0.29, 0.717) is 0 Å². The van der Waals surface area contributed by atoms with Crippen molar-refractivity contribution < 1.29 is 38.0 Å². The summed E-state index contributed by atoms with van der Waals surface area (Å²) >= 11 is 0. The molecule has 0 aromatic rings. The molecule has 0 aromatic carbocycles. The lowest BCUT2D eigenvalue weighted by molar-refractivity contribution is -0.305. The summed E-state index contributed by atoms with van der Waals surface area (Å²) in [6.07, 6.45) is -3.45. The van der Waals surface area contributed by atoms with E-state index in [0.717, 1.165) is 0 Å². The highest BCUT2D eigenvalue weighted by molar-refractivity contribution is 5.66. The number of rotatable bonds is 6. The van der Waals surface area contributed by atoms with Crippen LogP contribution in [0.25, 0.3) is 0 Å². The van der Waals surface area contributed by atoms with E-state index < -0.39 is 42.6 Å². The maximum atomic E-state index is 11.3. The Morgan fingerprint density at radius 1 is 0.905 bits per heavy atom. The van der Waals surface area contributed by atoms with Crippen molar-refractivity contribution in [2.45, 2.75) is 44.6 Å². The Labute approximate surface area is 123 Å². The van der Waals surface area contributed by atoms with Crippen molar-refractivity contribution in [3.63, 3.8) is 0 Å². The zero-order valence-corrected chi connectivity index (χ0v) is 12.9. The van der Waals surface area contributed by atoms with Gasteiger partial charge < -0.3 is 28.4 Å². The Hall–Kier alpha value is -1.22. The number of carbonyl (C=O) groups is 2. The second-order valence-electron chi connectivity index (χ2n) is 4.56. The minimum Gasteiger partial charge on any atom is -0.463 e. The van der Waals surface area contributed by atoms with Crippen LogP contribution in [0.2, 0.25) is 0 Å². The molecule has 0 aliphatic carbocycles. The van der Waals surface area contributed by atoms with E-state index in [1.165, 1.54) is 35.2 Å². The lowest BCUT2D eigenvalue weighted by atomic mass is 9.98. The van der Waals surface area contributed by atoms with Gasteiger partial charge >= 0.3 is 11.9 Å². The molecule has 0 saturated carbocycles. The SMILES string of the molecule is COC1OC(COC(C)=O)C(OC)C(OC(C)=O)C1OC. The first-order valence-corrected chi connectivity index (χ1v) is 6.49. The Bertz CT molecular complexity index is 358. The molecular weight excluding hydrogens is 284 g/mol. The van der Waals surface area contributed by atoms with Crippen LogP contribution in [0.4, 0.5) is 0 Å². The number of methoxy groups -OCH3 is 3. The summed E-state index contributed by atoms with van der Waals surface area (Å²) in [4.78, 5) is 22.3. The zero-order valence-electron chi connectivity index (χ0n) is 12.9. The van der Waals surface area contributed by atoms with Gasteiger partial charge in [0, 0.05) is 35.2 Å². The summed E-state index contributed by atoms with van der Waals surface area (Å²) in [5.41, 5.74) is 0. The number of hydrogen-bond acceptors (Lipinski definition) is 8. The van der Waals surface area contributed by atoms with Gasteiger partial charge in [0.25, 0.3) is 0 Å². The summed E-state index contributed by atoms with van der Waals surface area (Å²) in [6, 6.07) is 0. The summed E-state index contributed by atoms with van der Waals surface area (Å²) < 4.78 is 31.7. The van der Waals surface area contributed by atoms with Gasteiger partial charge in [0.2, 0.25) is 0 Å². The van der Waals surface area contributed by atoms with Gasteiger partial charge in [0.05, 0.1) is 0 Å². The molecule has 0 radical (unpaired) electrons. The van der Waals surface area contributed by atoms with Gasteiger partial charge in [-0.05, 0) is 0 Å². The molecule has 1 saturated heterocycles. The van der Waals surface area contributed by atoms with Crippen molar-refractivity contribution in [1.82, 2.24) is 0 Å². The predicted molar refractivity (Wildman–Crippen MR) is 69.5 cm³/mol. The summed E-state index contributed by atoms with van der Waals surface area (Å²) in [6.45, 7) is 2.54. The van der Waals surface area contributed by atoms with Crippen LogP contribution in [-0.2, 0) is 38.0 Å². The Morgan fingerprint density at radius 3 is 1.95 bits per heavy atom. The first-order valence-electron chi connectivity index (χ1n) is 6.49. The molecular formula is C13H22O8. The van der Waals surface area contributed by atoms with Crippen molar-refractivity contribution in [1.29, 1.82) is 0 Å². The van der Waals surface area contributed by atoms with Gasteiger partial charge in [0.1, 0.15) is 24.9 Å². The highest BCUT2D eigenvalue weighted by atomic mass is 16.7. The molecule has 21 heavy (non-hydrogen) atoms. The maximum absolute atomic E-state index is 11.3. The van der Waals surface area contributed by atoms with E-state index in [1.807, 2.05) is 0 Å². The summed E-state index contributed by atoms with van der Waals surface area (Å²) in [5.74, 6) is -0.924. The normalized spacial score (nSPS) is 32.5. The van der Waals surface area contributed by atoms with Gasteiger partial charge in [-0.25, -0.2) is 0 Å². The molecule has 122 valence electrons.